The molecule has 0 radical (unpaired) electrons. The summed E-state index contributed by atoms with van der Waals surface area (Å²) >= 11 is 13.0. The van der Waals surface area contributed by atoms with Crippen LogP contribution in [0.25, 0.3) is 16.9 Å². The first-order valence-electron chi connectivity index (χ1n) is 8.84. The first kappa shape index (κ1) is 22.3. The van der Waals surface area contributed by atoms with Crippen LogP contribution in [0.4, 0.5) is 18.9 Å². The molecule has 164 valence electrons. The molecule has 0 aliphatic carbocycles. The van der Waals surface area contributed by atoms with E-state index in [1.165, 1.54) is 11.0 Å². The van der Waals surface area contributed by atoms with Gasteiger partial charge in [-0.05, 0) is 36.4 Å². The van der Waals surface area contributed by atoms with Crippen LogP contribution in [0.1, 0.15) is 5.56 Å². The number of nitrogens with zero attached hydrogens (tertiary/aromatic N) is 5. The van der Waals surface area contributed by atoms with E-state index in [2.05, 4.69) is 25.6 Å². The molecule has 7 nitrogen and oxygen atoms in total. The molecule has 4 aromatic rings. The fraction of sp³-hybridized carbons (Fsp3) is 0.105. The third-order valence-corrected chi connectivity index (χ3v) is 5.71. The number of rotatable bonds is 5. The van der Waals surface area contributed by atoms with Crippen LogP contribution in [0.3, 0.4) is 0 Å². The summed E-state index contributed by atoms with van der Waals surface area (Å²) in [7, 11) is 0. The number of amides is 1. The van der Waals surface area contributed by atoms with Gasteiger partial charge < -0.3 is 5.32 Å². The lowest BCUT2D eigenvalue weighted by Crippen LogP contribution is -2.15. The number of alkyl halides is 3. The molecule has 13 heteroatoms. The minimum atomic E-state index is -4.56. The van der Waals surface area contributed by atoms with Gasteiger partial charge in [-0.3, -0.25) is 4.79 Å². The van der Waals surface area contributed by atoms with E-state index in [1.807, 2.05) is 0 Å². The zero-order valence-corrected chi connectivity index (χ0v) is 18.1. The van der Waals surface area contributed by atoms with Crippen molar-refractivity contribution in [3.63, 3.8) is 0 Å². The van der Waals surface area contributed by atoms with Gasteiger partial charge in [0.15, 0.2) is 11.2 Å². The Hall–Kier alpha value is -2.89. The molecule has 1 amide bonds. The normalized spacial score (nSPS) is 11.7. The third kappa shape index (κ3) is 4.79. The zero-order valence-electron chi connectivity index (χ0n) is 15.8. The number of carbonyl (C=O) groups excluding carboxylic acids is 1. The molecule has 2 aromatic heterocycles. The summed E-state index contributed by atoms with van der Waals surface area (Å²) in [5, 5.41) is 11.4. The highest BCUT2D eigenvalue weighted by atomic mass is 35.5. The van der Waals surface area contributed by atoms with Gasteiger partial charge in [-0.15, -0.1) is 5.10 Å². The average Bonchev–Trinajstić information content (AvgIpc) is 3.18. The van der Waals surface area contributed by atoms with Gasteiger partial charge in [0.1, 0.15) is 11.4 Å². The second kappa shape index (κ2) is 8.93. The standard InChI is InChI=1S/C19H11Cl2F3N6OS/c20-11-2-1-3-12(7-11)30-17-16(28-29-30)18(26-9-25-17)32-8-15(31)27-14-6-10(19(22,23)24)4-5-13(14)21/h1-7,9H,8H2,(H,27,31). The highest BCUT2D eigenvalue weighted by Gasteiger charge is 2.31. The summed E-state index contributed by atoms with van der Waals surface area (Å²) in [5.41, 5.74) is 0.367. The molecule has 0 unspecified atom stereocenters. The molecule has 32 heavy (non-hydrogen) atoms. The van der Waals surface area contributed by atoms with Crippen molar-refractivity contribution in [3.8, 4) is 5.69 Å². The molecule has 0 fully saturated rings. The Kier molecular flexibility index (Phi) is 6.22. The molecular weight excluding hydrogens is 488 g/mol. The van der Waals surface area contributed by atoms with Gasteiger partial charge in [-0.25, -0.2) is 9.97 Å². The number of thioether (sulfide) groups is 1. The van der Waals surface area contributed by atoms with E-state index in [0.717, 1.165) is 30.0 Å². The number of benzene rings is 2. The van der Waals surface area contributed by atoms with Crippen molar-refractivity contribution in [1.82, 2.24) is 25.0 Å². The van der Waals surface area contributed by atoms with E-state index in [4.69, 9.17) is 23.2 Å². The predicted molar refractivity (Wildman–Crippen MR) is 115 cm³/mol. The summed E-state index contributed by atoms with van der Waals surface area (Å²) in [5.74, 6) is -0.715. The molecule has 0 aliphatic rings. The quantitative estimate of drug-likeness (QED) is 0.298. The lowest BCUT2D eigenvalue weighted by molar-refractivity contribution is -0.137. The Bertz CT molecular complexity index is 1310. The number of anilines is 1. The molecule has 2 heterocycles. The van der Waals surface area contributed by atoms with E-state index in [1.54, 1.807) is 24.3 Å². The fourth-order valence-electron chi connectivity index (χ4n) is 2.73. The van der Waals surface area contributed by atoms with Crippen molar-refractivity contribution in [2.75, 3.05) is 11.1 Å². The number of halogens is 5. The van der Waals surface area contributed by atoms with Crippen LogP contribution >= 0.6 is 35.0 Å². The third-order valence-electron chi connectivity index (χ3n) is 4.16. The smallest absolute Gasteiger partial charge is 0.324 e. The Labute approximate surface area is 192 Å². The first-order chi connectivity index (χ1) is 15.2. The monoisotopic (exact) mass is 498 g/mol. The maximum absolute atomic E-state index is 12.9. The summed E-state index contributed by atoms with van der Waals surface area (Å²) in [4.78, 5) is 20.7. The average molecular weight is 499 g/mol. The van der Waals surface area contributed by atoms with E-state index in [0.29, 0.717) is 26.9 Å². The molecule has 0 bridgehead atoms. The summed E-state index contributed by atoms with van der Waals surface area (Å²) < 4.78 is 40.2. The van der Waals surface area contributed by atoms with Gasteiger partial charge >= 0.3 is 6.18 Å². The van der Waals surface area contributed by atoms with Crippen molar-refractivity contribution in [2.45, 2.75) is 11.2 Å². The fourth-order valence-corrected chi connectivity index (χ4v) is 3.81. The van der Waals surface area contributed by atoms with Crippen LogP contribution in [0, 0.1) is 0 Å². The summed E-state index contributed by atoms with van der Waals surface area (Å²) in [6.45, 7) is 0. The SMILES string of the molecule is O=C(CSc1ncnc2c1nnn2-c1cccc(Cl)c1)Nc1cc(C(F)(F)F)ccc1Cl. The Balaban J connectivity index is 1.51. The van der Waals surface area contributed by atoms with E-state index in [9.17, 15) is 18.0 Å². The topological polar surface area (TPSA) is 85.6 Å². The van der Waals surface area contributed by atoms with Gasteiger partial charge in [0.05, 0.1) is 27.7 Å². The number of carbonyl (C=O) groups is 1. The number of hydrogen-bond acceptors (Lipinski definition) is 6. The Morgan fingerprint density at radius 2 is 1.94 bits per heavy atom. The minimum Gasteiger partial charge on any atom is -0.324 e. The predicted octanol–water partition coefficient (Wildman–Crippen LogP) is 5.27. The largest absolute Gasteiger partial charge is 0.416 e. The Morgan fingerprint density at radius 1 is 1.12 bits per heavy atom. The van der Waals surface area contributed by atoms with Gasteiger partial charge in [-0.1, -0.05) is 46.2 Å². The molecule has 4 rings (SSSR count). The van der Waals surface area contributed by atoms with Gasteiger partial charge in [-0.2, -0.15) is 17.9 Å². The van der Waals surface area contributed by atoms with Crippen LogP contribution in [-0.4, -0.2) is 36.6 Å². The van der Waals surface area contributed by atoms with Crippen LogP contribution < -0.4 is 5.32 Å². The Morgan fingerprint density at radius 3 is 2.69 bits per heavy atom. The van der Waals surface area contributed by atoms with Crippen molar-refractivity contribution in [1.29, 1.82) is 0 Å². The minimum absolute atomic E-state index is 0.00904. The summed E-state index contributed by atoms with van der Waals surface area (Å²) in [6.07, 6.45) is -3.25. The lowest BCUT2D eigenvalue weighted by atomic mass is 10.2. The molecule has 0 saturated carbocycles. The van der Waals surface area contributed by atoms with Crippen LogP contribution in [-0.2, 0) is 11.0 Å². The van der Waals surface area contributed by atoms with Crippen molar-refractivity contribution < 1.29 is 18.0 Å². The molecule has 0 spiro atoms. The van der Waals surface area contributed by atoms with Crippen molar-refractivity contribution in [2.24, 2.45) is 0 Å². The van der Waals surface area contributed by atoms with Crippen LogP contribution in [0.15, 0.2) is 53.8 Å². The second-order valence-corrected chi connectivity index (χ2v) is 8.17. The van der Waals surface area contributed by atoms with E-state index < -0.39 is 17.6 Å². The van der Waals surface area contributed by atoms with Crippen LogP contribution in [0.5, 0.6) is 0 Å². The first-order valence-corrected chi connectivity index (χ1v) is 10.6. The van der Waals surface area contributed by atoms with Crippen LogP contribution in [0.2, 0.25) is 10.0 Å². The highest BCUT2D eigenvalue weighted by molar-refractivity contribution is 8.00. The molecular formula is C19H11Cl2F3N6OS. The molecule has 2 aromatic carbocycles. The zero-order chi connectivity index (χ0) is 22.9. The van der Waals surface area contributed by atoms with Gasteiger partial charge in [0, 0.05) is 5.02 Å². The highest BCUT2D eigenvalue weighted by Crippen LogP contribution is 2.34. The number of aromatic nitrogens is 5. The maximum Gasteiger partial charge on any atom is 0.416 e. The molecule has 0 atom stereocenters. The lowest BCUT2D eigenvalue weighted by Gasteiger charge is -2.11. The number of hydrogen-bond donors (Lipinski definition) is 1. The number of nitrogens with one attached hydrogen (secondary N) is 1. The molecule has 0 saturated heterocycles. The second-order valence-electron chi connectivity index (χ2n) is 6.36. The molecule has 1 N–H and O–H groups in total. The van der Waals surface area contributed by atoms with E-state index in [-0.39, 0.29) is 16.5 Å². The van der Waals surface area contributed by atoms with E-state index >= 15 is 0 Å². The molecule has 0 aliphatic heterocycles. The van der Waals surface area contributed by atoms with Crippen molar-refractivity contribution >= 4 is 57.7 Å². The van der Waals surface area contributed by atoms with Crippen molar-refractivity contribution in [3.05, 3.63) is 64.4 Å². The van der Waals surface area contributed by atoms with Gasteiger partial charge in [0.25, 0.3) is 0 Å². The van der Waals surface area contributed by atoms with Gasteiger partial charge in [0.2, 0.25) is 5.91 Å². The maximum atomic E-state index is 12.9. The number of fused-ring (bicyclic) bond motifs is 1. The summed E-state index contributed by atoms with van der Waals surface area (Å²) in [6, 6.07) is 9.65.